The molecule has 3 aromatic carbocycles. The van der Waals surface area contributed by atoms with Crippen LogP contribution in [-0.4, -0.2) is 21.6 Å². The van der Waals surface area contributed by atoms with Gasteiger partial charge in [0.25, 0.3) is 0 Å². The number of benzene rings is 3. The largest absolute Gasteiger partial charge is 0.388 e. The van der Waals surface area contributed by atoms with Crippen molar-refractivity contribution in [2.75, 3.05) is 17.7 Å². The van der Waals surface area contributed by atoms with Crippen LogP contribution in [-0.2, 0) is 6.54 Å². The smallest absolute Gasteiger partial charge is 0.172 e. The zero-order valence-corrected chi connectivity index (χ0v) is 24.6. The highest BCUT2D eigenvalue weighted by atomic mass is 79.9. The number of nitrogens with zero attached hydrogens (tertiary/aromatic N) is 3. The van der Waals surface area contributed by atoms with Crippen molar-refractivity contribution in [3.63, 3.8) is 0 Å². The summed E-state index contributed by atoms with van der Waals surface area (Å²) < 4.78 is 27.1. The Morgan fingerprint density at radius 3 is 2.25 bits per heavy atom. The average Bonchev–Trinajstić information content (AvgIpc) is 3.37. The van der Waals surface area contributed by atoms with Crippen LogP contribution in [0.2, 0.25) is 0 Å². The first-order valence-corrected chi connectivity index (χ1v) is 13.2. The lowest BCUT2D eigenvalue weighted by atomic mass is 10.1. The van der Waals surface area contributed by atoms with E-state index in [2.05, 4.69) is 101 Å². The van der Waals surface area contributed by atoms with E-state index in [9.17, 15) is 8.78 Å². The maximum Gasteiger partial charge on any atom is 0.172 e. The topological polar surface area (TPSA) is 54.2 Å². The summed E-state index contributed by atoms with van der Waals surface area (Å²) in [6, 6.07) is 22.2. The van der Waals surface area contributed by atoms with Crippen LogP contribution < -0.4 is 10.6 Å². The Morgan fingerprint density at radius 2 is 1.60 bits per heavy atom. The summed E-state index contributed by atoms with van der Waals surface area (Å²) >= 11 is 3.56. The predicted molar refractivity (Wildman–Crippen MR) is 168 cm³/mol. The number of aromatic nitrogens is 3. The number of nitrogens with one attached hydrogen (secondary N) is 2. The molecule has 2 aromatic heterocycles. The monoisotopic (exact) mass is 605 g/mol. The van der Waals surface area contributed by atoms with E-state index in [1.54, 1.807) is 13.1 Å². The molecule has 2 N–H and O–H groups in total. The van der Waals surface area contributed by atoms with Crippen LogP contribution in [0.25, 0.3) is 16.9 Å². The molecule has 208 valence electrons. The van der Waals surface area contributed by atoms with E-state index in [4.69, 9.17) is 4.98 Å². The van der Waals surface area contributed by atoms with Crippen molar-refractivity contribution < 1.29 is 8.78 Å². The predicted octanol–water partition coefficient (Wildman–Crippen LogP) is 9.00. The van der Waals surface area contributed by atoms with Crippen LogP contribution in [0, 0.1) is 25.5 Å². The minimum absolute atomic E-state index is 0.469. The van der Waals surface area contributed by atoms with Crippen molar-refractivity contribution in [2.45, 2.75) is 20.4 Å². The normalized spacial score (nSPS) is 9.75. The Balaban J connectivity index is 0.000000362. The lowest BCUT2D eigenvalue weighted by Gasteiger charge is -2.12. The van der Waals surface area contributed by atoms with Crippen LogP contribution in [0.3, 0.4) is 0 Å². The van der Waals surface area contributed by atoms with Gasteiger partial charge >= 0.3 is 0 Å². The van der Waals surface area contributed by atoms with E-state index >= 15 is 0 Å². The van der Waals surface area contributed by atoms with Gasteiger partial charge in [0.15, 0.2) is 5.65 Å². The number of aryl methyl sites for hydroxylation is 2. The molecule has 0 saturated heterocycles. The van der Waals surface area contributed by atoms with E-state index < -0.39 is 11.6 Å². The van der Waals surface area contributed by atoms with Crippen molar-refractivity contribution in [2.24, 2.45) is 0 Å². The molecule has 0 amide bonds. The number of hydrogen-bond donors (Lipinski definition) is 2. The van der Waals surface area contributed by atoms with Crippen molar-refractivity contribution in [3.05, 3.63) is 138 Å². The van der Waals surface area contributed by atoms with E-state index in [1.165, 1.54) is 23.3 Å². The van der Waals surface area contributed by atoms with Crippen LogP contribution in [0.15, 0.2) is 110 Å². The highest BCUT2D eigenvalue weighted by Gasteiger charge is 2.12. The molecule has 0 radical (unpaired) electrons. The highest BCUT2D eigenvalue weighted by Crippen LogP contribution is 2.28. The van der Waals surface area contributed by atoms with Gasteiger partial charge in [0, 0.05) is 37.0 Å². The zero-order chi connectivity index (χ0) is 29.7. The molecule has 0 aliphatic rings. The molecule has 5 nitrogen and oxygen atoms in total. The number of anilines is 2. The lowest BCUT2D eigenvalue weighted by Crippen LogP contribution is -2.07. The fourth-order valence-electron chi connectivity index (χ4n) is 3.66. The van der Waals surface area contributed by atoms with Crippen molar-refractivity contribution in [3.8, 4) is 11.3 Å². The summed E-state index contributed by atoms with van der Waals surface area (Å²) in [6.07, 6.45) is 1.77. The number of hydrogen-bond acceptors (Lipinski definition) is 4. The van der Waals surface area contributed by atoms with Crippen LogP contribution in [0.4, 0.5) is 20.3 Å². The van der Waals surface area contributed by atoms with Gasteiger partial charge in [-0.2, -0.15) is 9.61 Å². The molecule has 0 aliphatic carbocycles. The standard InChI is InChI=1S/C21H20BrN5.C7H6F2.2C2H4/c1-14-6-3-4-9-17(14)19-11-20(27-21(26-19)18(22)13-25-27)24-12-15-7-5-8-16(10-15)23-2;1-5-2-3-6(8)4-7(5)9;2*1-2/h3-11,13,23-24H,12H2,1-2H3;2-4H,1H3;2*1-2H2. The summed E-state index contributed by atoms with van der Waals surface area (Å²) in [6.45, 7) is 16.4. The Bertz CT molecular complexity index is 1530. The molecule has 5 aromatic rings. The summed E-state index contributed by atoms with van der Waals surface area (Å²) in [4.78, 5) is 4.81. The second-order valence-corrected chi connectivity index (χ2v) is 9.12. The van der Waals surface area contributed by atoms with E-state index in [-0.39, 0.29) is 0 Å². The third-order valence-electron chi connectivity index (χ3n) is 5.67. The first kappa shape index (κ1) is 31.9. The summed E-state index contributed by atoms with van der Waals surface area (Å²) in [7, 11) is 1.93. The molecule has 0 unspecified atom stereocenters. The van der Waals surface area contributed by atoms with Crippen LogP contribution in [0.1, 0.15) is 16.7 Å². The van der Waals surface area contributed by atoms with Gasteiger partial charge in [0.05, 0.1) is 16.4 Å². The van der Waals surface area contributed by atoms with E-state index in [0.717, 1.165) is 38.9 Å². The summed E-state index contributed by atoms with van der Waals surface area (Å²) in [5.74, 6) is -0.119. The highest BCUT2D eigenvalue weighted by molar-refractivity contribution is 9.10. The molecule has 2 heterocycles. The van der Waals surface area contributed by atoms with Gasteiger partial charge in [0.1, 0.15) is 17.5 Å². The van der Waals surface area contributed by atoms with Gasteiger partial charge in [0.2, 0.25) is 0 Å². The first-order chi connectivity index (χ1) is 19.4. The number of fused-ring (bicyclic) bond motifs is 1. The quantitative estimate of drug-likeness (QED) is 0.196. The summed E-state index contributed by atoms with van der Waals surface area (Å²) in [5.41, 5.74) is 6.78. The Hall–Kier alpha value is -4.30. The third kappa shape index (κ3) is 8.35. The first-order valence-electron chi connectivity index (χ1n) is 12.4. The minimum atomic E-state index is -0.530. The molecule has 0 fully saturated rings. The molecule has 0 saturated carbocycles. The SMILES string of the molecule is C=C.C=C.CNc1cccc(CNc2cc(-c3ccccc3C)nc3c(Br)cnn23)c1.Cc1ccc(F)cc1F. The number of rotatable bonds is 5. The molecule has 0 atom stereocenters. The minimum Gasteiger partial charge on any atom is -0.388 e. The van der Waals surface area contributed by atoms with E-state index in [1.807, 2.05) is 29.8 Å². The molecule has 0 bridgehead atoms. The zero-order valence-electron chi connectivity index (χ0n) is 23.0. The Morgan fingerprint density at radius 1 is 0.875 bits per heavy atom. The molecule has 5 rings (SSSR count). The van der Waals surface area contributed by atoms with Gasteiger partial charge in [-0.25, -0.2) is 13.8 Å². The molecule has 0 spiro atoms. The molecular weight excluding hydrogens is 572 g/mol. The van der Waals surface area contributed by atoms with Crippen molar-refractivity contribution in [1.29, 1.82) is 0 Å². The second-order valence-electron chi connectivity index (χ2n) is 8.27. The van der Waals surface area contributed by atoms with Gasteiger partial charge in [-0.05, 0) is 64.7 Å². The van der Waals surface area contributed by atoms with Crippen molar-refractivity contribution in [1.82, 2.24) is 14.6 Å². The van der Waals surface area contributed by atoms with Gasteiger partial charge < -0.3 is 10.6 Å². The number of halogens is 3. The third-order valence-corrected chi connectivity index (χ3v) is 6.23. The summed E-state index contributed by atoms with van der Waals surface area (Å²) in [5, 5.41) is 11.1. The maximum atomic E-state index is 12.3. The van der Waals surface area contributed by atoms with Gasteiger partial charge in [-0.1, -0.05) is 42.5 Å². The molecule has 40 heavy (non-hydrogen) atoms. The maximum absolute atomic E-state index is 12.3. The lowest BCUT2D eigenvalue weighted by molar-refractivity contribution is 0.577. The Labute approximate surface area is 243 Å². The van der Waals surface area contributed by atoms with Gasteiger partial charge in [-0.3, -0.25) is 0 Å². The average molecular weight is 607 g/mol. The molecule has 8 heteroatoms. The van der Waals surface area contributed by atoms with E-state index in [0.29, 0.717) is 12.1 Å². The van der Waals surface area contributed by atoms with Crippen LogP contribution >= 0.6 is 15.9 Å². The van der Waals surface area contributed by atoms with Crippen LogP contribution in [0.5, 0.6) is 0 Å². The Kier molecular flexibility index (Phi) is 12.7. The molecular formula is C32H34BrF2N5. The second kappa shape index (κ2) is 16.0. The van der Waals surface area contributed by atoms with Crippen molar-refractivity contribution >= 4 is 33.1 Å². The fraction of sp³-hybridized carbons (Fsp3) is 0.125. The fourth-order valence-corrected chi connectivity index (χ4v) is 4.01. The molecule has 0 aliphatic heterocycles. The van der Waals surface area contributed by atoms with Gasteiger partial charge in [-0.15, -0.1) is 26.3 Å².